The Labute approximate surface area is 216 Å². The zero-order chi connectivity index (χ0) is 26.3. The van der Waals surface area contributed by atoms with E-state index in [0.29, 0.717) is 19.4 Å². The highest BCUT2D eigenvalue weighted by Gasteiger charge is 2.55. The van der Waals surface area contributed by atoms with Crippen LogP contribution in [0, 0.1) is 5.92 Å². The minimum absolute atomic E-state index is 0.0740. The van der Waals surface area contributed by atoms with E-state index in [1.165, 1.54) is 11.8 Å². The van der Waals surface area contributed by atoms with Crippen LogP contribution in [0.4, 0.5) is 0 Å². The number of nitrogens with zero attached hydrogens (tertiary/aromatic N) is 1. The maximum absolute atomic E-state index is 13.8. The number of ether oxygens (including phenoxy) is 2. The van der Waals surface area contributed by atoms with E-state index in [4.69, 9.17) is 9.47 Å². The third-order valence-electron chi connectivity index (χ3n) is 8.58. The molecule has 2 bridgehead atoms. The number of carbonyl (C=O) groups is 4. The van der Waals surface area contributed by atoms with Crippen LogP contribution in [0.3, 0.4) is 0 Å². The predicted molar refractivity (Wildman–Crippen MR) is 137 cm³/mol. The fourth-order valence-electron chi connectivity index (χ4n) is 5.70. The Morgan fingerprint density at radius 2 is 1.50 bits per heavy atom. The van der Waals surface area contributed by atoms with E-state index in [-0.39, 0.29) is 24.2 Å². The molecule has 202 valence electrons. The van der Waals surface area contributed by atoms with Crippen LogP contribution in [0.25, 0.3) is 0 Å². The molecule has 7 heteroatoms. The summed E-state index contributed by atoms with van der Waals surface area (Å²) in [5.74, 6) is -2.44. The van der Waals surface area contributed by atoms with Crippen molar-refractivity contribution in [2.75, 3.05) is 6.61 Å². The number of rotatable bonds is 0. The van der Waals surface area contributed by atoms with Crippen molar-refractivity contribution in [3.63, 3.8) is 0 Å². The molecule has 0 saturated carbocycles. The van der Waals surface area contributed by atoms with Crippen LogP contribution in [-0.4, -0.2) is 58.2 Å². The summed E-state index contributed by atoms with van der Waals surface area (Å²) >= 11 is 0. The lowest BCUT2D eigenvalue weighted by atomic mass is 9.76. The number of amides is 1. The van der Waals surface area contributed by atoms with E-state index in [2.05, 4.69) is 12.2 Å². The molecule has 0 aromatic carbocycles. The monoisotopic (exact) mass is 503 g/mol. The zero-order valence-corrected chi connectivity index (χ0v) is 22.7. The summed E-state index contributed by atoms with van der Waals surface area (Å²) in [6, 6.07) is -0.843. The van der Waals surface area contributed by atoms with Gasteiger partial charge in [-0.3, -0.25) is 14.4 Å². The number of fused-ring (bicyclic) bond motifs is 3. The van der Waals surface area contributed by atoms with Gasteiger partial charge in [-0.15, -0.1) is 0 Å². The Balaban J connectivity index is 1.86. The predicted octanol–water partition coefficient (Wildman–Crippen LogP) is 5.09. The molecule has 1 amide bonds. The lowest BCUT2D eigenvalue weighted by molar-refractivity contribution is -0.182. The summed E-state index contributed by atoms with van der Waals surface area (Å²) in [5, 5.41) is 0. The van der Waals surface area contributed by atoms with Gasteiger partial charge in [0.05, 0.1) is 12.7 Å². The average Bonchev–Trinajstić information content (AvgIpc) is 2.84. The highest BCUT2D eigenvalue weighted by molar-refractivity contribution is 6.44. The Hall–Kier alpha value is -2.02. The SMILES string of the molecule is CC1CCC2C(=O)OCCCCCCC=CCCCCC3CCC(=O)C(C)(O3)C(=O)C(=O)N2C1(C)C. The van der Waals surface area contributed by atoms with Gasteiger partial charge in [-0.1, -0.05) is 38.3 Å². The zero-order valence-electron chi connectivity index (χ0n) is 22.7. The first-order valence-corrected chi connectivity index (χ1v) is 14.0. The molecule has 0 aromatic heterocycles. The summed E-state index contributed by atoms with van der Waals surface area (Å²) in [6.45, 7) is 7.53. The van der Waals surface area contributed by atoms with Gasteiger partial charge < -0.3 is 14.4 Å². The van der Waals surface area contributed by atoms with Gasteiger partial charge in [-0.05, 0) is 84.5 Å². The Morgan fingerprint density at radius 3 is 2.22 bits per heavy atom. The first-order valence-electron chi connectivity index (χ1n) is 14.0. The van der Waals surface area contributed by atoms with E-state index < -0.39 is 34.8 Å². The largest absolute Gasteiger partial charge is 0.464 e. The summed E-state index contributed by atoms with van der Waals surface area (Å²) in [6.07, 6.45) is 14.9. The first-order chi connectivity index (χ1) is 17.1. The molecule has 3 heterocycles. The molecule has 0 radical (unpaired) electrons. The number of allylic oxidation sites excluding steroid dienone is 2. The second-order valence-electron chi connectivity index (χ2n) is 11.5. The molecule has 2 fully saturated rings. The molecule has 3 aliphatic heterocycles. The molecule has 0 aromatic rings. The molecule has 4 unspecified atom stereocenters. The number of piperidine rings is 1. The third kappa shape index (κ3) is 6.45. The Morgan fingerprint density at radius 1 is 0.833 bits per heavy atom. The molecule has 3 rings (SSSR count). The Kier molecular flexibility index (Phi) is 9.90. The highest BCUT2D eigenvalue weighted by Crippen LogP contribution is 2.39. The van der Waals surface area contributed by atoms with Crippen molar-refractivity contribution in [2.45, 2.75) is 134 Å². The van der Waals surface area contributed by atoms with Crippen LogP contribution >= 0.6 is 0 Å². The van der Waals surface area contributed by atoms with E-state index in [1.807, 2.05) is 20.8 Å². The normalized spacial score (nSPS) is 33.9. The minimum Gasteiger partial charge on any atom is -0.464 e. The summed E-state index contributed by atoms with van der Waals surface area (Å²) in [5.41, 5.74) is -2.56. The Bertz CT molecular complexity index is 849. The molecule has 36 heavy (non-hydrogen) atoms. The first kappa shape index (κ1) is 28.5. The second kappa shape index (κ2) is 12.5. The van der Waals surface area contributed by atoms with Crippen LogP contribution in [-0.2, 0) is 28.7 Å². The fraction of sp³-hybridized carbons (Fsp3) is 0.793. The molecular formula is C29H45NO6. The number of cyclic esters (lactones) is 1. The van der Waals surface area contributed by atoms with Crippen molar-refractivity contribution in [2.24, 2.45) is 5.92 Å². The average molecular weight is 504 g/mol. The van der Waals surface area contributed by atoms with Crippen molar-refractivity contribution < 1.29 is 28.7 Å². The van der Waals surface area contributed by atoms with E-state index in [1.54, 1.807) is 0 Å². The van der Waals surface area contributed by atoms with Gasteiger partial charge >= 0.3 is 5.97 Å². The number of hydrogen-bond donors (Lipinski definition) is 0. The summed E-state index contributed by atoms with van der Waals surface area (Å²) < 4.78 is 11.7. The number of ketones is 2. The molecule has 2 saturated heterocycles. The van der Waals surface area contributed by atoms with E-state index in [0.717, 1.165) is 64.2 Å². The van der Waals surface area contributed by atoms with Gasteiger partial charge in [0, 0.05) is 12.0 Å². The quantitative estimate of drug-likeness (QED) is 0.198. The fourth-order valence-corrected chi connectivity index (χ4v) is 5.70. The number of carbonyl (C=O) groups excluding carboxylic acids is 4. The molecule has 0 aliphatic carbocycles. The van der Waals surface area contributed by atoms with Gasteiger partial charge in [-0.25, -0.2) is 4.79 Å². The summed E-state index contributed by atoms with van der Waals surface area (Å²) in [4.78, 5) is 54.9. The van der Waals surface area contributed by atoms with Crippen molar-refractivity contribution in [3.8, 4) is 0 Å². The second-order valence-corrected chi connectivity index (χ2v) is 11.5. The standard InChI is InChI=1S/C29H45NO6/c1-21-16-18-23-27(34)35-20-14-12-10-8-6-5-7-9-11-13-15-22-17-19-24(31)29(4,36-22)25(32)26(33)30(23)28(21,2)3/h5,7,21-23H,6,8-20H2,1-4H3. The van der Waals surface area contributed by atoms with Gasteiger partial charge in [0.15, 0.2) is 11.4 Å². The van der Waals surface area contributed by atoms with Crippen LogP contribution in [0.15, 0.2) is 12.2 Å². The highest BCUT2D eigenvalue weighted by atomic mass is 16.5. The van der Waals surface area contributed by atoms with E-state index in [9.17, 15) is 19.2 Å². The van der Waals surface area contributed by atoms with E-state index >= 15 is 0 Å². The lowest BCUT2D eigenvalue weighted by Crippen LogP contribution is -2.66. The molecular weight excluding hydrogens is 458 g/mol. The van der Waals surface area contributed by atoms with Gasteiger partial charge in [0.25, 0.3) is 11.7 Å². The maximum atomic E-state index is 13.8. The van der Waals surface area contributed by atoms with Crippen LogP contribution in [0.5, 0.6) is 0 Å². The summed E-state index contributed by atoms with van der Waals surface area (Å²) in [7, 11) is 0. The smallest absolute Gasteiger partial charge is 0.328 e. The maximum Gasteiger partial charge on any atom is 0.328 e. The van der Waals surface area contributed by atoms with Gasteiger partial charge in [0.1, 0.15) is 6.04 Å². The van der Waals surface area contributed by atoms with Gasteiger partial charge in [-0.2, -0.15) is 0 Å². The van der Waals surface area contributed by atoms with Gasteiger partial charge in [0.2, 0.25) is 0 Å². The van der Waals surface area contributed by atoms with Crippen molar-refractivity contribution >= 4 is 23.4 Å². The molecule has 4 atom stereocenters. The van der Waals surface area contributed by atoms with Crippen molar-refractivity contribution in [1.82, 2.24) is 4.90 Å². The lowest BCUT2D eigenvalue weighted by Gasteiger charge is -2.50. The number of Topliss-reactive ketones (excluding diaryl/α,β-unsaturated/α-hetero) is 2. The van der Waals surface area contributed by atoms with Crippen LogP contribution in [0.1, 0.15) is 111 Å². The third-order valence-corrected chi connectivity index (χ3v) is 8.58. The van der Waals surface area contributed by atoms with Crippen LogP contribution in [0.2, 0.25) is 0 Å². The molecule has 3 aliphatic rings. The van der Waals surface area contributed by atoms with Crippen molar-refractivity contribution in [3.05, 3.63) is 12.2 Å². The number of hydrogen-bond acceptors (Lipinski definition) is 6. The number of esters is 1. The minimum atomic E-state index is -1.82. The molecule has 7 nitrogen and oxygen atoms in total. The molecule has 0 spiro atoms. The van der Waals surface area contributed by atoms with Crippen molar-refractivity contribution in [1.29, 1.82) is 0 Å². The molecule has 0 N–H and O–H groups in total. The topological polar surface area (TPSA) is 90.0 Å². The van der Waals surface area contributed by atoms with Crippen LogP contribution < -0.4 is 0 Å².